The number of methoxy groups -OCH3 is 1. The van der Waals surface area contributed by atoms with Crippen molar-refractivity contribution in [3.8, 4) is 5.75 Å². The lowest BCUT2D eigenvalue weighted by Gasteiger charge is -2.11. The van der Waals surface area contributed by atoms with Crippen LogP contribution in [0.15, 0.2) is 53.5 Å². The molecule has 0 aromatic heterocycles. The molecule has 2 aromatic rings. The van der Waals surface area contributed by atoms with E-state index in [0.29, 0.717) is 19.8 Å². The Morgan fingerprint density at radius 1 is 1.00 bits per heavy atom. The van der Waals surface area contributed by atoms with Crippen LogP contribution in [0.1, 0.15) is 24.5 Å². The van der Waals surface area contributed by atoms with Gasteiger partial charge in [0.2, 0.25) is 0 Å². The number of nitrogens with one attached hydrogen (secondary N) is 2. The number of halogens is 1. The van der Waals surface area contributed by atoms with E-state index in [-0.39, 0.29) is 5.82 Å². The quantitative estimate of drug-likeness (QED) is 0.380. The number of aliphatic imine (C=N–C) groups is 1. The van der Waals surface area contributed by atoms with Gasteiger partial charge >= 0.3 is 0 Å². The van der Waals surface area contributed by atoms with Crippen LogP contribution in [0.3, 0.4) is 0 Å². The summed E-state index contributed by atoms with van der Waals surface area (Å²) >= 11 is 0. The molecule has 2 aromatic carbocycles. The topological polar surface area (TPSA) is 54.9 Å². The fraction of sp³-hybridized carbons (Fsp3) is 0.381. The number of ether oxygens (including phenoxy) is 2. The van der Waals surface area contributed by atoms with E-state index in [2.05, 4.69) is 15.6 Å². The summed E-state index contributed by atoms with van der Waals surface area (Å²) < 4.78 is 23.8. The zero-order valence-electron chi connectivity index (χ0n) is 16.0. The van der Waals surface area contributed by atoms with E-state index in [1.807, 2.05) is 31.2 Å². The molecule has 0 amide bonds. The largest absolute Gasteiger partial charge is 0.497 e. The lowest BCUT2D eigenvalue weighted by Crippen LogP contribution is -2.38. The maximum Gasteiger partial charge on any atom is 0.191 e. The Morgan fingerprint density at radius 2 is 1.70 bits per heavy atom. The highest BCUT2D eigenvalue weighted by Gasteiger charge is 1.99. The smallest absolute Gasteiger partial charge is 0.191 e. The summed E-state index contributed by atoms with van der Waals surface area (Å²) in [4.78, 5) is 4.51. The molecule has 0 spiro atoms. The van der Waals surface area contributed by atoms with Crippen molar-refractivity contribution >= 4 is 5.96 Å². The van der Waals surface area contributed by atoms with E-state index in [1.165, 1.54) is 12.1 Å². The van der Waals surface area contributed by atoms with E-state index >= 15 is 0 Å². The van der Waals surface area contributed by atoms with Gasteiger partial charge in [-0.2, -0.15) is 0 Å². The molecule has 0 atom stereocenters. The maximum absolute atomic E-state index is 12.9. The first-order chi connectivity index (χ1) is 13.2. The second kappa shape index (κ2) is 11.9. The van der Waals surface area contributed by atoms with Crippen molar-refractivity contribution in [1.29, 1.82) is 0 Å². The van der Waals surface area contributed by atoms with Crippen LogP contribution in [-0.4, -0.2) is 32.8 Å². The Bertz CT molecular complexity index is 688. The molecule has 0 aliphatic carbocycles. The molecule has 0 saturated heterocycles. The lowest BCUT2D eigenvalue weighted by molar-refractivity contribution is 0.119. The molecule has 0 bridgehead atoms. The molecule has 0 unspecified atom stereocenters. The summed E-state index contributed by atoms with van der Waals surface area (Å²) in [6.07, 6.45) is 0.872. The standard InChI is InChI=1S/C21H28FN3O2/c1-3-23-21(25-15-17-5-9-19(22)10-6-17)24-13-4-14-27-16-18-7-11-20(26-2)12-8-18/h5-12H,3-4,13-16H2,1-2H3,(H2,23,24,25). The highest BCUT2D eigenvalue weighted by Crippen LogP contribution is 2.11. The average molecular weight is 373 g/mol. The Labute approximate surface area is 160 Å². The Balaban J connectivity index is 1.66. The molecule has 2 rings (SSSR count). The van der Waals surface area contributed by atoms with Crippen molar-refractivity contribution < 1.29 is 13.9 Å². The summed E-state index contributed by atoms with van der Waals surface area (Å²) in [6.45, 7) is 5.32. The van der Waals surface area contributed by atoms with Gasteiger partial charge in [-0.25, -0.2) is 9.38 Å². The molecule has 0 aliphatic heterocycles. The minimum atomic E-state index is -0.234. The summed E-state index contributed by atoms with van der Waals surface area (Å²) in [6, 6.07) is 14.3. The van der Waals surface area contributed by atoms with Gasteiger partial charge in [-0.3, -0.25) is 0 Å². The molecule has 0 fully saturated rings. The lowest BCUT2D eigenvalue weighted by atomic mass is 10.2. The van der Waals surface area contributed by atoms with Crippen LogP contribution in [0.2, 0.25) is 0 Å². The predicted molar refractivity (Wildman–Crippen MR) is 106 cm³/mol. The van der Waals surface area contributed by atoms with Crippen molar-refractivity contribution in [3.63, 3.8) is 0 Å². The minimum absolute atomic E-state index is 0.234. The molecule has 0 saturated carbocycles. The molecule has 0 aliphatic rings. The van der Waals surface area contributed by atoms with Gasteiger partial charge < -0.3 is 20.1 Å². The molecule has 146 valence electrons. The van der Waals surface area contributed by atoms with Crippen molar-refractivity contribution in [2.75, 3.05) is 26.8 Å². The van der Waals surface area contributed by atoms with Crippen LogP contribution in [0.4, 0.5) is 4.39 Å². The number of hydrogen-bond donors (Lipinski definition) is 2. The number of guanidine groups is 1. The molecule has 0 radical (unpaired) electrons. The van der Waals surface area contributed by atoms with Gasteiger partial charge in [0.05, 0.1) is 20.3 Å². The molecule has 0 heterocycles. The monoisotopic (exact) mass is 373 g/mol. The van der Waals surface area contributed by atoms with Gasteiger partial charge in [0.25, 0.3) is 0 Å². The summed E-state index contributed by atoms with van der Waals surface area (Å²) in [5, 5.41) is 6.49. The zero-order chi connectivity index (χ0) is 19.3. The van der Waals surface area contributed by atoms with Gasteiger partial charge in [0, 0.05) is 19.7 Å². The van der Waals surface area contributed by atoms with Crippen molar-refractivity contribution in [1.82, 2.24) is 10.6 Å². The van der Waals surface area contributed by atoms with Gasteiger partial charge in [-0.1, -0.05) is 24.3 Å². The summed E-state index contributed by atoms with van der Waals surface area (Å²) in [5.41, 5.74) is 2.09. The van der Waals surface area contributed by atoms with Crippen LogP contribution in [-0.2, 0) is 17.9 Å². The van der Waals surface area contributed by atoms with Crippen molar-refractivity contribution in [3.05, 3.63) is 65.5 Å². The normalized spacial score (nSPS) is 11.3. The molecule has 27 heavy (non-hydrogen) atoms. The fourth-order valence-corrected chi connectivity index (χ4v) is 2.39. The van der Waals surface area contributed by atoms with Crippen LogP contribution in [0.25, 0.3) is 0 Å². The first-order valence-electron chi connectivity index (χ1n) is 9.18. The highest BCUT2D eigenvalue weighted by molar-refractivity contribution is 5.79. The Kier molecular flexibility index (Phi) is 9.13. The second-order valence-corrected chi connectivity index (χ2v) is 6.00. The SMILES string of the molecule is CCNC(=NCc1ccc(F)cc1)NCCCOCc1ccc(OC)cc1. The first-order valence-corrected chi connectivity index (χ1v) is 9.18. The second-order valence-electron chi connectivity index (χ2n) is 6.00. The van der Waals surface area contributed by atoms with Gasteiger partial charge in [-0.05, 0) is 48.7 Å². The molecule has 6 heteroatoms. The number of benzene rings is 2. The fourth-order valence-electron chi connectivity index (χ4n) is 2.39. The van der Waals surface area contributed by atoms with Crippen LogP contribution in [0, 0.1) is 5.82 Å². The molecule has 5 nitrogen and oxygen atoms in total. The molecular weight excluding hydrogens is 345 g/mol. The van der Waals surface area contributed by atoms with E-state index < -0.39 is 0 Å². The zero-order valence-corrected chi connectivity index (χ0v) is 16.0. The molecular formula is C21H28FN3O2. The maximum atomic E-state index is 12.9. The van der Waals surface area contributed by atoms with Crippen molar-refractivity contribution in [2.45, 2.75) is 26.5 Å². The summed E-state index contributed by atoms with van der Waals surface area (Å²) in [5.74, 6) is 1.36. The highest BCUT2D eigenvalue weighted by atomic mass is 19.1. The third-order valence-electron chi connectivity index (χ3n) is 3.86. The Hall–Kier alpha value is -2.60. The van der Waals surface area contributed by atoms with Gasteiger partial charge in [0.15, 0.2) is 5.96 Å². The average Bonchev–Trinajstić information content (AvgIpc) is 2.70. The van der Waals surface area contributed by atoms with Crippen LogP contribution < -0.4 is 15.4 Å². The predicted octanol–water partition coefficient (Wildman–Crippen LogP) is 3.50. The van der Waals surface area contributed by atoms with Crippen molar-refractivity contribution in [2.24, 2.45) is 4.99 Å². The first kappa shape index (κ1) is 20.7. The van der Waals surface area contributed by atoms with Crippen LogP contribution >= 0.6 is 0 Å². The van der Waals surface area contributed by atoms with E-state index in [1.54, 1.807) is 19.2 Å². The van der Waals surface area contributed by atoms with Crippen LogP contribution in [0.5, 0.6) is 5.75 Å². The minimum Gasteiger partial charge on any atom is -0.497 e. The van der Waals surface area contributed by atoms with Gasteiger partial charge in [0.1, 0.15) is 11.6 Å². The Morgan fingerprint density at radius 3 is 2.37 bits per heavy atom. The number of rotatable bonds is 10. The van der Waals surface area contributed by atoms with Gasteiger partial charge in [-0.15, -0.1) is 0 Å². The third-order valence-corrected chi connectivity index (χ3v) is 3.86. The third kappa shape index (κ3) is 8.09. The number of nitrogens with zero attached hydrogens (tertiary/aromatic N) is 1. The number of hydrogen-bond acceptors (Lipinski definition) is 3. The van der Waals surface area contributed by atoms with E-state index in [0.717, 1.165) is 42.3 Å². The summed E-state index contributed by atoms with van der Waals surface area (Å²) in [7, 11) is 1.66. The van der Waals surface area contributed by atoms with E-state index in [9.17, 15) is 4.39 Å². The van der Waals surface area contributed by atoms with E-state index in [4.69, 9.17) is 9.47 Å². The molecule has 2 N–H and O–H groups in total.